The lowest BCUT2D eigenvalue weighted by molar-refractivity contribution is -0.223. The highest BCUT2D eigenvalue weighted by molar-refractivity contribution is 5.75. The van der Waals surface area contributed by atoms with Crippen LogP contribution in [-0.4, -0.2) is 23.8 Å². The molecule has 1 saturated heterocycles. The largest absolute Gasteiger partial charge is 0.368 e. The van der Waals surface area contributed by atoms with Crippen LogP contribution in [-0.2, 0) is 9.53 Å². The molecule has 6 atom stereocenters. The third-order valence-electron chi connectivity index (χ3n) is 5.09. The molecule has 2 aliphatic rings. The van der Waals surface area contributed by atoms with Crippen molar-refractivity contribution in [2.75, 3.05) is 6.61 Å². The molecular formula is C15H26O3. The second-order valence-electron chi connectivity index (χ2n) is 6.40. The van der Waals surface area contributed by atoms with E-state index < -0.39 is 6.29 Å². The van der Waals surface area contributed by atoms with Crippen LogP contribution in [0.4, 0.5) is 0 Å². The summed E-state index contributed by atoms with van der Waals surface area (Å²) in [5, 5.41) is 10.2. The number of ketones is 1. The van der Waals surface area contributed by atoms with Crippen LogP contribution in [0.2, 0.25) is 0 Å². The van der Waals surface area contributed by atoms with E-state index in [1.54, 1.807) is 6.92 Å². The van der Waals surface area contributed by atoms with Gasteiger partial charge in [0.15, 0.2) is 6.29 Å². The molecular weight excluding hydrogens is 228 g/mol. The number of carbonyl (C=O) groups is 1. The van der Waals surface area contributed by atoms with Crippen molar-refractivity contribution in [2.45, 2.75) is 52.7 Å². The molecule has 0 amide bonds. The number of fused-ring (bicyclic) bond motifs is 1. The number of Topliss-reactive ketones (excluding diaryl/α,β-unsaturated/α-hetero) is 1. The Balaban J connectivity index is 2.10. The minimum atomic E-state index is -0.620. The van der Waals surface area contributed by atoms with Crippen LogP contribution >= 0.6 is 0 Å². The predicted molar refractivity (Wildman–Crippen MR) is 69.9 cm³/mol. The van der Waals surface area contributed by atoms with Crippen molar-refractivity contribution in [3.05, 3.63) is 0 Å². The standard InChI is InChI=1S/C15H26O3/c1-9-4-6-13-10(2)8-18-15(17)14(13)12(9)7-5-11(3)16/h9-10,12-15,17H,4-8H2,1-3H3/t9-,10+,12+,13+,14+,15+/m1/s1. The van der Waals surface area contributed by atoms with E-state index in [1.165, 1.54) is 12.8 Å². The second-order valence-corrected chi connectivity index (χ2v) is 6.40. The monoisotopic (exact) mass is 254 g/mol. The molecule has 0 aromatic heterocycles. The molecule has 1 N–H and O–H groups in total. The minimum absolute atomic E-state index is 0.233. The van der Waals surface area contributed by atoms with Gasteiger partial charge in [0.1, 0.15) is 5.78 Å². The number of rotatable bonds is 3. The first-order valence-electron chi connectivity index (χ1n) is 7.29. The molecule has 1 aliphatic heterocycles. The number of aliphatic hydroxyl groups is 1. The number of ether oxygens (including phenoxy) is 1. The summed E-state index contributed by atoms with van der Waals surface area (Å²) in [6.45, 7) is 6.81. The molecule has 0 aromatic rings. The number of aliphatic hydroxyl groups excluding tert-OH is 1. The Morgan fingerprint density at radius 2 is 2.00 bits per heavy atom. The van der Waals surface area contributed by atoms with Gasteiger partial charge in [0, 0.05) is 12.3 Å². The fourth-order valence-corrected chi connectivity index (χ4v) is 3.98. The van der Waals surface area contributed by atoms with Crippen molar-refractivity contribution in [2.24, 2.45) is 29.6 Å². The molecule has 3 heteroatoms. The third kappa shape index (κ3) is 2.77. The molecule has 104 valence electrons. The summed E-state index contributed by atoms with van der Waals surface area (Å²) < 4.78 is 5.52. The van der Waals surface area contributed by atoms with Gasteiger partial charge in [0.2, 0.25) is 0 Å². The summed E-state index contributed by atoms with van der Waals surface area (Å²) in [7, 11) is 0. The topological polar surface area (TPSA) is 46.5 Å². The maximum Gasteiger partial charge on any atom is 0.157 e. The quantitative estimate of drug-likeness (QED) is 0.842. The van der Waals surface area contributed by atoms with Crippen molar-refractivity contribution in [1.82, 2.24) is 0 Å². The summed E-state index contributed by atoms with van der Waals surface area (Å²) in [6, 6.07) is 0. The molecule has 0 bridgehead atoms. The Morgan fingerprint density at radius 1 is 1.28 bits per heavy atom. The Kier molecular flexibility index (Phi) is 4.44. The zero-order valence-corrected chi connectivity index (χ0v) is 11.8. The van der Waals surface area contributed by atoms with Crippen molar-refractivity contribution in [3.8, 4) is 0 Å². The summed E-state index contributed by atoms with van der Waals surface area (Å²) in [4.78, 5) is 11.2. The normalized spacial score (nSPS) is 44.4. The molecule has 0 aromatic carbocycles. The van der Waals surface area contributed by atoms with Gasteiger partial charge in [0.05, 0.1) is 6.61 Å². The van der Waals surface area contributed by atoms with Crippen LogP contribution in [0, 0.1) is 29.6 Å². The van der Waals surface area contributed by atoms with Crippen LogP contribution in [0.3, 0.4) is 0 Å². The van der Waals surface area contributed by atoms with Gasteiger partial charge in [-0.3, -0.25) is 0 Å². The third-order valence-corrected chi connectivity index (χ3v) is 5.09. The van der Waals surface area contributed by atoms with Crippen molar-refractivity contribution < 1.29 is 14.6 Å². The SMILES string of the molecule is CC(=O)CC[C@@H]1[C@H]2[C@@H](CC[C@H]1C)[C@@H](C)CO[C@@H]2O. The van der Waals surface area contributed by atoms with E-state index >= 15 is 0 Å². The first kappa shape index (κ1) is 14.0. The van der Waals surface area contributed by atoms with Gasteiger partial charge in [0.25, 0.3) is 0 Å². The highest BCUT2D eigenvalue weighted by atomic mass is 16.6. The summed E-state index contributed by atoms with van der Waals surface area (Å²) in [6.07, 6.45) is 3.35. The lowest BCUT2D eigenvalue weighted by Gasteiger charge is -2.49. The van der Waals surface area contributed by atoms with E-state index in [0.717, 1.165) is 6.42 Å². The van der Waals surface area contributed by atoms with E-state index in [2.05, 4.69) is 13.8 Å². The number of hydrogen-bond donors (Lipinski definition) is 1. The smallest absolute Gasteiger partial charge is 0.157 e. The molecule has 2 rings (SSSR count). The zero-order valence-electron chi connectivity index (χ0n) is 11.8. The summed E-state index contributed by atoms with van der Waals surface area (Å²) in [5.41, 5.74) is 0. The van der Waals surface area contributed by atoms with E-state index in [9.17, 15) is 9.90 Å². The highest BCUT2D eigenvalue weighted by Gasteiger charge is 2.46. The molecule has 3 nitrogen and oxygen atoms in total. The van der Waals surface area contributed by atoms with Crippen LogP contribution in [0.1, 0.15) is 46.5 Å². The van der Waals surface area contributed by atoms with Gasteiger partial charge in [-0.25, -0.2) is 0 Å². The zero-order chi connectivity index (χ0) is 13.3. The average Bonchev–Trinajstić information content (AvgIpc) is 2.32. The molecule has 2 fully saturated rings. The van der Waals surface area contributed by atoms with E-state index in [1.807, 2.05) is 0 Å². The molecule has 0 spiro atoms. The lowest BCUT2D eigenvalue weighted by atomic mass is 9.61. The average molecular weight is 254 g/mol. The van der Waals surface area contributed by atoms with Gasteiger partial charge >= 0.3 is 0 Å². The van der Waals surface area contributed by atoms with Crippen LogP contribution in [0.25, 0.3) is 0 Å². The van der Waals surface area contributed by atoms with Gasteiger partial charge in [-0.2, -0.15) is 0 Å². The van der Waals surface area contributed by atoms with E-state index in [4.69, 9.17) is 4.74 Å². The van der Waals surface area contributed by atoms with E-state index in [-0.39, 0.29) is 11.7 Å². The predicted octanol–water partition coefficient (Wildman–Crippen LogP) is 2.62. The Hall–Kier alpha value is -0.410. The van der Waals surface area contributed by atoms with Crippen molar-refractivity contribution in [1.29, 1.82) is 0 Å². The van der Waals surface area contributed by atoms with Crippen LogP contribution in [0.15, 0.2) is 0 Å². The number of hydrogen-bond acceptors (Lipinski definition) is 3. The molecule has 1 heterocycles. The van der Waals surface area contributed by atoms with Crippen LogP contribution < -0.4 is 0 Å². The first-order valence-corrected chi connectivity index (χ1v) is 7.29. The maximum absolute atomic E-state index is 11.2. The Labute approximate surface area is 110 Å². The minimum Gasteiger partial charge on any atom is -0.368 e. The highest BCUT2D eigenvalue weighted by Crippen LogP contribution is 2.48. The lowest BCUT2D eigenvalue weighted by Crippen LogP contribution is -2.49. The van der Waals surface area contributed by atoms with Crippen LogP contribution in [0.5, 0.6) is 0 Å². The van der Waals surface area contributed by atoms with Gasteiger partial charge in [-0.1, -0.05) is 20.3 Å². The molecule has 18 heavy (non-hydrogen) atoms. The number of carbonyl (C=O) groups excluding carboxylic acids is 1. The molecule has 1 aliphatic carbocycles. The fraction of sp³-hybridized carbons (Fsp3) is 0.933. The molecule has 0 radical (unpaired) electrons. The first-order chi connectivity index (χ1) is 8.50. The fourth-order valence-electron chi connectivity index (χ4n) is 3.98. The second kappa shape index (κ2) is 5.70. The van der Waals surface area contributed by atoms with Crippen molar-refractivity contribution >= 4 is 5.78 Å². The van der Waals surface area contributed by atoms with Crippen molar-refractivity contribution in [3.63, 3.8) is 0 Å². The maximum atomic E-state index is 11.2. The summed E-state index contributed by atoms with van der Waals surface area (Å²) >= 11 is 0. The van der Waals surface area contributed by atoms with Gasteiger partial charge in [-0.05, 0) is 43.4 Å². The van der Waals surface area contributed by atoms with Gasteiger partial charge < -0.3 is 14.6 Å². The molecule has 0 unspecified atom stereocenters. The molecule has 1 saturated carbocycles. The van der Waals surface area contributed by atoms with Gasteiger partial charge in [-0.15, -0.1) is 0 Å². The van der Waals surface area contributed by atoms with E-state index in [0.29, 0.717) is 36.7 Å². The Morgan fingerprint density at radius 3 is 2.67 bits per heavy atom. The summed E-state index contributed by atoms with van der Waals surface area (Å²) in [5.74, 6) is 2.62. The Bertz CT molecular complexity index is 302.